The predicted octanol–water partition coefficient (Wildman–Crippen LogP) is 4.40. The first-order valence-corrected chi connectivity index (χ1v) is 14.5. The molecular weight excluding hydrogens is 548 g/mol. The summed E-state index contributed by atoms with van der Waals surface area (Å²) in [5, 5.41) is 3.02. The lowest BCUT2D eigenvalue weighted by atomic mass is 10.2. The van der Waals surface area contributed by atoms with Gasteiger partial charge in [0.2, 0.25) is 11.9 Å². The lowest BCUT2D eigenvalue weighted by molar-refractivity contribution is -0.115. The van der Waals surface area contributed by atoms with Crippen molar-refractivity contribution in [3.63, 3.8) is 0 Å². The summed E-state index contributed by atoms with van der Waals surface area (Å²) in [7, 11) is -3.92. The first-order valence-electron chi connectivity index (χ1n) is 12.2. The Bertz CT molecular complexity index is 1860. The number of nitrogens with one attached hydrogen (secondary N) is 2. The summed E-state index contributed by atoms with van der Waals surface area (Å²) < 4.78 is 29.3. The minimum absolute atomic E-state index is 0.00901. The number of thioether (sulfide) groups is 1. The maximum Gasteiger partial charge on any atom is 0.266 e. The summed E-state index contributed by atoms with van der Waals surface area (Å²) in [6, 6.07) is 23.6. The summed E-state index contributed by atoms with van der Waals surface area (Å²) in [5.74, 6) is -0.367. The van der Waals surface area contributed by atoms with Gasteiger partial charge in [0.05, 0.1) is 26.7 Å². The van der Waals surface area contributed by atoms with Gasteiger partial charge in [0, 0.05) is 17.6 Å². The van der Waals surface area contributed by atoms with Crippen molar-refractivity contribution in [2.24, 2.45) is 0 Å². The molecule has 2 N–H and O–H groups in total. The first-order chi connectivity index (χ1) is 19.2. The zero-order valence-electron chi connectivity index (χ0n) is 21.5. The Morgan fingerprint density at radius 2 is 1.62 bits per heavy atom. The van der Waals surface area contributed by atoms with Gasteiger partial charge in [-0.1, -0.05) is 42.1 Å². The quantitative estimate of drug-likeness (QED) is 0.206. The third kappa shape index (κ3) is 5.87. The fraction of sp³-hybridized carbons (Fsp3) is 0.107. The van der Waals surface area contributed by atoms with Crippen molar-refractivity contribution in [1.29, 1.82) is 0 Å². The predicted molar refractivity (Wildman–Crippen MR) is 155 cm³/mol. The molecule has 0 spiro atoms. The van der Waals surface area contributed by atoms with Crippen LogP contribution < -0.4 is 15.6 Å². The van der Waals surface area contributed by atoms with Gasteiger partial charge in [0.25, 0.3) is 15.6 Å². The van der Waals surface area contributed by atoms with Gasteiger partial charge in [-0.05, 0) is 68.4 Å². The van der Waals surface area contributed by atoms with E-state index in [4.69, 9.17) is 0 Å². The van der Waals surface area contributed by atoms with E-state index in [0.29, 0.717) is 33.1 Å². The molecule has 1 amide bonds. The Kier molecular flexibility index (Phi) is 7.63. The van der Waals surface area contributed by atoms with Crippen LogP contribution in [-0.4, -0.2) is 39.1 Å². The molecule has 202 valence electrons. The van der Waals surface area contributed by atoms with E-state index in [9.17, 15) is 18.0 Å². The molecule has 2 aromatic heterocycles. The van der Waals surface area contributed by atoms with Crippen LogP contribution in [0.2, 0.25) is 0 Å². The van der Waals surface area contributed by atoms with E-state index in [1.165, 1.54) is 35.0 Å². The zero-order chi connectivity index (χ0) is 28.3. The normalized spacial score (nSPS) is 12.2. The molecule has 5 rings (SSSR count). The molecule has 10 nitrogen and oxygen atoms in total. The number of carbonyl (C=O) groups excluding carboxylic acids is 1. The molecule has 0 radical (unpaired) electrons. The number of nitrogens with zero attached hydrogens (tertiary/aromatic N) is 4. The van der Waals surface area contributed by atoms with E-state index in [1.807, 2.05) is 30.3 Å². The highest BCUT2D eigenvalue weighted by atomic mass is 32.2. The summed E-state index contributed by atoms with van der Waals surface area (Å²) in [4.78, 5) is 39.1. The zero-order valence-corrected chi connectivity index (χ0v) is 23.1. The van der Waals surface area contributed by atoms with Crippen molar-refractivity contribution in [3.05, 3.63) is 107 Å². The molecule has 12 heteroatoms. The van der Waals surface area contributed by atoms with Crippen molar-refractivity contribution in [2.45, 2.75) is 29.1 Å². The Morgan fingerprint density at radius 3 is 2.35 bits per heavy atom. The van der Waals surface area contributed by atoms with Crippen LogP contribution in [0.25, 0.3) is 16.6 Å². The van der Waals surface area contributed by atoms with Crippen molar-refractivity contribution in [1.82, 2.24) is 19.5 Å². The minimum atomic E-state index is -3.92. The average Bonchev–Trinajstić information content (AvgIpc) is 2.94. The van der Waals surface area contributed by atoms with Crippen LogP contribution in [0.4, 0.5) is 11.6 Å². The second kappa shape index (κ2) is 11.3. The number of rotatable bonds is 8. The number of aryl methyl sites for hydroxylation is 1. The lowest BCUT2D eigenvalue weighted by Crippen LogP contribution is -2.26. The van der Waals surface area contributed by atoms with E-state index in [0.717, 1.165) is 11.8 Å². The van der Waals surface area contributed by atoms with E-state index in [1.54, 1.807) is 44.2 Å². The second-order valence-corrected chi connectivity index (χ2v) is 11.8. The molecule has 1 unspecified atom stereocenters. The number of benzene rings is 3. The average molecular weight is 573 g/mol. The van der Waals surface area contributed by atoms with Gasteiger partial charge in [0.15, 0.2) is 5.16 Å². The highest BCUT2D eigenvalue weighted by molar-refractivity contribution is 8.00. The molecule has 0 aliphatic carbocycles. The molecule has 0 fully saturated rings. The summed E-state index contributed by atoms with van der Waals surface area (Å²) in [5.41, 5.74) is 1.99. The summed E-state index contributed by atoms with van der Waals surface area (Å²) >= 11 is 1.15. The highest BCUT2D eigenvalue weighted by Crippen LogP contribution is 2.26. The third-order valence-electron chi connectivity index (χ3n) is 5.86. The molecule has 0 saturated heterocycles. The molecule has 0 aliphatic heterocycles. The molecule has 0 saturated carbocycles. The van der Waals surface area contributed by atoms with Crippen LogP contribution in [0.3, 0.4) is 0 Å². The third-order valence-corrected chi connectivity index (χ3v) is 8.26. The monoisotopic (exact) mass is 572 g/mol. The van der Waals surface area contributed by atoms with E-state index >= 15 is 0 Å². The molecule has 3 aromatic carbocycles. The van der Waals surface area contributed by atoms with Crippen LogP contribution in [0.5, 0.6) is 0 Å². The fourth-order valence-electron chi connectivity index (χ4n) is 3.85. The lowest BCUT2D eigenvalue weighted by Gasteiger charge is -2.16. The molecule has 40 heavy (non-hydrogen) atoms. The number of sulfonamides is 1. The van der Waals surface area contributed by atoms with Crippen LogP contribution >= 0.6 is 11.8 Å². The van der Waals surface area contributed by atoms with Crippen LogP contribution in [0.1, 0.15) is 12.6 Å². The maximum atomic E-state index is 13.4. The van der Waals surface area contributed by atoms with Crippen molar-refractivity contribution >= 4 is 50.2 Å². The number of fused-ring (bicyclic) bond motifs is 1. The second-order valence-electron chi connectivity index (χ2n) is 8.79. The fourth-order valence-corrected chi connectivity index (χ4v) is 5.72. The standard InChI is InChI=1S/C28H24N6O4S2/c1-18-16-17-29-27(30-18)33-40(37,38)22-14-12-20(13-15-22)31-25(35)19(2)39-28-32-24-11-7-6-10-23(24)26(36)34(28)21-8-4-3-5-9-21/h3-17,19H,1-2H3,(H,31,35)(H,29,30,33). The summed E-state index contributed by atoms with van der Waals surface area (Å²) in [6.07, 6.45) is 1.46. The van der Waals surface area contributed by atoms with Gasteiger partial charge in [-0.2, -0.15) is 0 Å². The SMILES string of the molecule is Cc1ccnc(NS(=O)(=O)c2ccc(NC(=O)C(C)Sc3nc4ccccc4c(=O)n3-c3ccccc3)cc2)n1. The van der Waals surface area contributed by atoms with Gasteiger partial charge in [-0.15, -0.1) is 0 Å². The molecule has 0 aliphatic rings. The number of hydrogen-bond acceptors (Lipinski definition) is 8. The Morgan fingerprint density at radius 1 is 0.925 bits per heavy atom. The highest BCUT2D eigenvalue weighted by Gasteiger charge is 2.21. The van der Waals surface area contributed by atoms with Crippen LogP contribution in [0.15, 0.2) is 106 Å². The van der Waals surface area contributed by atoms with Gasteiger partial charge < -0.3 is 5.32 Å². The number of aromatic nitrogens is 4. The van der Waals surface area contributed by atoms with Crippen molar-refractivity contribution in [2.75, 3.05) is 10.0 Å². The topological polar surface area (TPSA) is 136 Å². The number of carbonyl (C=O) groups is 1. The summed E-state index contributed by atoms with van der Waals surface area (Å²) in [6.45, 7) is 3.44. The Labute approximate surface area is 234 Å². The minimum Gasteiger partial charge on any atom is -0.325 e. The van der Waals surface area contributed by atoms with Crippen molar-refractivity contribution < 1.29 is 13.2 Å². The molecule has 0 bridgehead atoms. The number of hydrogen-bond donors (Lipinski definition) is 2. The Hall–Kier alpha value is -4.55. The van der Waals surface area contributed by atoms with Gasteiger partial charge >= 0.3 is 0 Å². The van der Waals surface area contributed by atoms with Crippen LogP contribution in [-0.2, 0) is 14.8 Å². The largest absolute Gasteiger partial charge is 0.325 e. The van der Waals surface area contributed by atoms with Crippen molar-refractivity contribution in [3.8, 4) is 5.69 Å². The van der Waals surface area contributed by atoms with Gasteiger partial charge in [-0.25, -0.2) is 28.1 Å². The molecule has 2 heterocycles. The van der Waals surface area contributed by atoms with E-state index in [2.05, 4.69) is 25.0 Å². The Balaban J connectivity index is 1.34. The number of amides is 1. The van der Waals surface area contributed by atoms with Gasteiger partial charge in [-0.3, -0.25) is 14.2 Å². The molecule has 5 aromatic rings. The maximum absolute atomic E-state index is 13.4. The van der Waals surface area contributed by atoms with E-state index in [-0.39, 0.29) is 22.3 Å². The van der Waals surface area contributed by atoms with Crippen LogP contribution in [0, 0.1) is 6.92 Å². The first kappa shape index (κ1) is 27.0. The number of anilines is 2. The molecule has 1 atom stereocenters. The smallest absolute Gasteiger partial charge is 0.266 e. The van der Waals surface area contributed by atoms with Gasteiger partial charge in [0.1, 0.15) is 0 Å². The number of para-hydroxylation sites is 2. The molecular formula is C28H24N6O4S2. The van der Waals surface area contributed by atoms with E-state index < -0.39 is 15.3 Å².